The van der Waals surface area contributed by atoms with Crippen LogP contribution in [0.25, 0.3) is 11.4 Å². The molecule has 0 unspecified atom stereocenters. The van der Waals surface area contributed by atoms with E-state index in [4.69, 9.17) is 9.26 Å². The van der Waals surface area contributed by atoms with Gasteiger partial charge in [0.15, 0.2) is 0 Å². The molecule has 0 saturated carbocycles. The summed E-state index contributed by atoms with van der Waals surface area (Å²) in [7, 11) is 1.51. The number of likely N-dealkylation sites (tertiary alicyclic amines) is 1. The minimum Gasteiger partial charge on any atom is -0.375 e. The van der Waals surface area contributed by atoms with Gasteiger partial charge in [-0.3, -0.25) is 4.79 Å². The highest BCUT2D eigenvalue weighted by molar-refractivity contribution is 5.77. The molecule has 3 rings (SSSR count). The minimum atomic E-state index is -0.375. The number of benzene rings is 1. The van der Waals surface area contributed by atoms with Crippen LogP contribution in [-0.2, 0) is 9.53 Å². The topological polar surface area (TPSA) is 68.5 Å². The number of rotatable bonds is 4. The van der Waals surface area contributed by atoms with E-state index in [2.05, 4.69) is 10.1 Å². The van der Waals surface area contributed by atoms with Gasteiger partial charge in [-0.1, -0.05) is 17.3 Å². The third-order valence-corrected chi connectivity index (χ3v) is 4.02. The number of methoxy groups -OCH3 is 1. The van der Waals surface area contributed by atoms with Crippen molar-refractivity contribution in [2.75, 3.05) is 26.8 Å². The van der Waals surface area contributed by atoms with Crippen molar-refractivity contribution in [1.29, 1.82) is 0 Å². The molecule has 1 amide bonds. The Morgan fingerprint density at radius 3 is 2.83 bits per heavy atom. The molecule has 0 atom stereocenters. The molecule has 1 aliphatic heterocycles. The Kier molecular flexibility index (Phi) is 4.66. The van der Waals surface area contributed by atoms with Crippen molar-refractivity contribution in [3.8, 4) is 11.4 Å². The second-order valence-corrected chi connectivity index (χ2v) is 5.52. The molecule has 0 spiro atoms. The number of carbonyl (C=O) groups is 1. The summed E-state index contributed by atoms with van der Waals surface area (Å²) in [5.74, 6) is 0.469. The van der Waals surface area contributed by atoms with Crippen molar-refractivity contribution in [2.45, 2.75) is 18.8 Å². The summed E-state index contributed by atoms with van der Waals surface area (Å²) in [6, 6.07) is 6.34. The first-order chi connectivity index (χ1) is 11.2. The quantitative estimate of drug-likeness (QED) is 0.864. The monoisotopic (exact) mass is 319 g/mol. The molecule has 6 nitrogen and oxygen atoms in total. The SMILES string of the molecule is COCC(=O)N1CCC(c2nc(-c3ccccc3F)no2)CC1. The number of piperidine rings is 1. The first kappa shape index (κ1) is 15.6. The van der Waals surface area contributed by atoms with E-state index in [1.165, 1.54) is 13.2 Å². The zero-order valence-electron chi connectivity index (χ0n) is 12.9. The minimum absolute atomic E-state index is 0.0106. The standard InChI is InChI=1S/C16H18FN3O3/c1-22-10-14(21)20-8-6-11(7-9-20)16-18-15(19-23-16)12-4-2-3-5-13(12)17/h2-5,11H,6-10H2,1H3. The van der Waals surface area contributed by atoms with Gasteiger partial charge in [0.05, 0.1) is 5.56 Å². The van der Waals surface area contributed by atoms with Gasteiger partial charge in [-0.25, -0.2) is 4.39 Å². The van der Waals surface area contributed by atoms with E-state index in [0.717, 1.165) is 12.8 Å². The lowest BCUT2D eigenvalue weighted by Crippen LogP contribution is -2.39. The van der Waals surface area contributed by atoms with E-state index in [1.54, 1.807) is 23.1 Å². The first-order valence-electron chi connectivity index (χ1n) is 7.54. The third kappa shape index (κ3) is 3.39. The Hall–Kier alpha value is -2.28. The molecule has 0 bridgehead atoms. The van der Waals surface area contributed by atoms with E-state index >= 15 is 0 Å². The maximum Gasteiger partial charge on any atom is 0.248 e. The molecule has 23 heavy (non-hydrogen) atoms. The molecule has 1 fully saturated rings. The summed E-state index contributed by atoms with van der Waals surface area (Å²) in [5.41, 5.74) is 0.329. The van der Waals surface area contributed by atoms with Gasteiger partial charge in [-0.2, -0.15) is 4.98 Å². The van der Waals surface area contributed by atoms with Crippen molar-refractivity contribution >= 4 is 5.91 Å². The number of carbonyl (C=O) groups excluding carboxylic acids is 1. The maximum absolute atomic E-state index is 13.8. The van der Waals surface area contributed by atoms with Gasteiger partial charge in [-0.15, -0.1) is 0 Å². The summed E-state index contributed by atoms with van der Waals surface area (Å²) in [4.78, 5) is 17.9. The summed E-state index contributed by atoms with van der Waals surface area (Å²) in [6.07, 6.45) is 1.49. The van der Waals surface area contributed by atoms with Crippen LogP contribution in [-0.4, -0.2) is 47.8 Å². The van der Waals surface area contributed by atoms with Gasteiger partial charge in [0.1, 0.15) is 12.4 Å². The Labute approximate surface area is 133 Å². The smallest absolute Gasteiger partial charge is 0.248 e. The van der Waals surface area contributed by atoms with Crippen molar-refractivity contribution in [2.24, 2.45) is 0 Å². The zero-order chi connectivity index (χ0) is 16.2. The fourth-order valence-corrected chi connectivity index (χ4v) is 2.74. The largest absolute Gasteiger partial charge is 0.375 e. The highest BCUT2D eigenvalue weighted by Crippen LogP contribution is 2.29. The fraction of sp³-hybridized carbons (Fsp3) is 0.438. The van der Waals surface area contributed by atoms with Crippen LogP contribution in [0.4, 0.5) is 4.39 Å². The van der Waals surface area contributed by atoms with Crippen LogP contribution in [0.5, 0.6) is 0 Å². The summed E-state index contributed by atoms with van der Waals surface area (Å²) >= 11 is 0. The third-order valence-electron chi connectivity index (χ3n) is 4.02. The predicted molar refractivity (Wildman–Crippen MR) is 80.1 cm³/mol. The summed E-state index contributed by atoms with van der Waals surface area (Å²) in [5, 5.41) is 3.88. The van der Waals surface area contributed by atoms with Gasteiger partial charge >= 0.3 is 0 Å². The van der Waals surface area contributed by atoms with Crippen molar-refractivity contribution < 1.29 is 18.4 Å². The lowest BCUT2D eigenvalue weighted by molar-refractivity contribution is -0.136. The van der Waals surface area contributed by atoms with E-state index in [1.807, 2.05) is 0 Å². The van der Waals surface area contributed by atoms with E-state index in [0.29, 0.717) is 24.5 Å². The van der Waals surface area contributed by atoms with E-state index in [9.17, 15) is 9.18 Å². The number of hydrogen-bond acceptors (Lipinski definition) is 5. The van der Waals surface area contributed by atoms with E-state index < -0.39 is 0 Å². The normalized spacial score (nSPS) is 15.8. The summed E-state index contributed by atoms with van der Waals surface area (Å²) in [6.45, 7) is 1.36. The van der Waals surface area contributed by atoms with Gasteiger partial charge in [-0.05, 0) is 25.0 Å². The first-order valence-corrected chi connectivity index (χ1v) is 7.54. The van der Waals surface area contributed by atoms with Gasteiger partial charge in [0, 0.05) is 26.1 Å². The molecule has 2 aromatic rings. The molecule has 7 heteroatoms. The lowest BCUT2D eigenvalue weighted by atomic mass is 9.97. The molecule has 122 valence electrons. The second kappa shape index (κ2) is 6.87. The highest BCUT2D eigenvalue weighted by atomic mass is 19.1. The average molecular weight is 319 g/mol. The van der Waals surface area contributed by atoms with Crippen molar-refractivity contribution in [1.82, 2.24) is 15.0 Å². The number of nitrogens with zero attached hydrogens (tertiary/aromatic N) is 3. The molecule has 2 heterocycles. The number of aromatic nitrogens is 2. The highest BCUT2D eigenvalue weighted by Gasteiger charge is 2.27. The fourth-order valence-electron chi connectivity index (χ4n) is 2.74. The molecule has 0 N–H and O–H groups in total. The number of amides is 1. The van der Waals surface area contributed by atoms with Crippen LogP contribution in [0, 0.1) is 5.82 Å². The van der Waals surface area contributed by atoms with E-state index in [-0.39, 0.29) is 30.1 Å². The van der Waals surface area contributed by atoms with Crippen LogP contribution >= 0.6 is 0 Å². The van der Waals surface area contributed by atoms with Crippen LogP contribution < -0.4 is 0 Å². The molecule has 0 aliphatic carbocycles. The Morgan fingerprint density at radius 2 is 2.13 bits per heavy atom. The molecule has 1 saturated heterocycles. The number of halogens is 1. The molecular formula is C16H18FN3O3. The molecular weight excluding hydrogens is 301 g/mol. The maximum atomic E-state index is 13.8. The van der Waals surface area contributed by atoms with Gasteiger partial charge in [0.2, 0.25) is 17.6 Å². The molecule has 1 aliphatic rings. The van der Waals surface area contributed by atoms with Crippen LogP contribution in [0.2, 0.25) is 0 Å². The van der Waals surface area contributed by atoms with Crippen molar-refractivity contribution in [3.05, 3.63) is 36.0 Å². The second-order valence-electron chi connectivity index (χ2n) is 5.52. The van der Waals surface area contributed by atoms with Crippen LogP contribution in [0.1, 0.15) is 24.7 Å². The molecule has 1 aromatic carbocycles. The number of ether oxygens (including phenoxy) is 1. The molecule has 0 radical (unpaired) electrons. The number of hydrogen-bond donors (Lipinski definition) is 0. The Bertz CT molecular complexity index is 681. The lowest BCUT2D eigenvalue weighted by Gasteiger charge is -2.30. The van der Waals surface area contributed by atoms with Crippen LogP contribution in [0.3, 0.4) is 0 Å². The Balaban J connectivity index is 1.66. The zero-order valence-corrected chi connectivity index (χ0v) is 12.9. The van der Waals surface area contributed by atoms with Gasteiger partial charge < -0.3 is 14.2 Å². The summed E-state index contributed by atoms with van der Waals surface area (Å²) < 4.78 is 23.9. The van der Waals surface area contributed by atoms with Crippen LogP contribution in [0.15, 0.2) is 28.8 Å². The van der Waals surface area contributed by atoms with Crippen molar-refractivity contribution in [3.63, 3.8) is 0 Å². The van der Waals surface area contributed by atoms with Gasteiger partial charge in [0.25, 0.3) is 0 Å². The molecule has 1 aromatic heterocycles. The predicted octanol–water partition coefficient (Wildman–Crippen LogP) is 2.23. The average Bonchev–Trinajstić information content (AvgIpc) is 3.05. The Morgan fingerprint density at radius 1 is 1.39 bits per heavy atom.